The fourth-order valence-corrected chi connectivity index (χ4v) is 7.24. The van der Waals surface area contributed by atoms with Crippen LogP contribution in [0.2, 0.25) is 0 Å². The zero-order chi connectivity index (χ0) is 32.3. The van der Waals surface area contributed by atoms with Gasteiger partial charge in [-0.1, -0.05) is 127 Å². The summed E-state index contributed by atoms with van der Waals surface area (Å²) in [7, 11) is 0. The molecule has 0 aliphatic carbocycles. The van der Waals surface area contributed by atoms with Crippen LogP contribution in [0, 0.1) is 0 Å². The molecule has 10 aromatic rings. The van der Waals surface area contributed by atoms with Gasteiger partial charge in [-0.05, 0) is 80.6 Å². The molecule has 3 heteroatoms. The van der Waals surface area contributed by atoms with Crippen LogP contribution in [0.1, 0.15) is 0 Å². The van der Waals surface area contributed by atoms with Gasteiger partial charge in [0.15, 0.2) is 0 Å². The van der Waals surface area contributed by atoms with Crippen LogP contribution < -0.4 is 0 Å². The molecule has 0 radical (unpaired) electrons. The van der Waals surface area contributed by atoms with Gasteiger partial charge in [-0.2, -0.15) is 0 Å². The molecule has 228 valence electrons. The molecule has 0 N–H and O–H groups in total. The van der Waals surface area contributed by atoms with Gasteiger partial charge in [-0.25, -0.2) is 4.98 Å². The lowest BCUT2D eigenvalue weighted by atomic mass is 9.93. The lowest BCUT2D eigenvalue weighted by Gasteiger charge is -2.14. The third kappa shape index (κ3) is 4.59. The molecule has 0 aliphatic rings. The quantitative estimate of drug-likeness (QED) is 0.183. The highest BCUT2D eigenvalue weighted by molar-refractivity contribution is 6.24. The van der Waals surface area contributed by atoms with Gasteiger partial charge in [0, 0.05) is 27.1 Å². The summed E-state index contributed by atoms with van der Waals surface area (Å²) in [6.45, 7) is 0. The van der Waals surface area contributed by atoms with E-state index in [4.69, 9.17) is 14.4 Å². The predicted molar refractivity (Wildman–Crippen MR) is 204 cm³/mol. The summed E-state index contributed by atoms with van der Waals surface area (Å²) in [5, 5.41) is 6.78. The summed E-state index contributed by atoms with van der Waals surface area (Å²) in [6.07, 6.45) is 1.92. The van der Waals surface area contributed by atoms with E-state index < -0.39 is 0 Å². The Hall–Kier alpha value is -6.58. The highest BCUT2D eigenvalue weighted by atomic mass is 16.3. The lowest BCUT2D eigenvalue weighted by Crippen LogP contribution is -1.93. The van der Waals surface area contributed by atoms with Crippen LogP contribution in [0.25, 0.3) is 99.2 Å². The van der Waals surface area contributed by atoms with Gasteiger partial charge < -0.3 is 4.42 Å². The predicted octanol–water partition coefficient (Wildman–Crippen LogP) is 12.5. The maximum Gasteiger partial charge on any atom is 0.135 e. The Bertz CT molecular complexity index is 2870. The van der Waals surface area contributed by atoms with Crippen LogP contribution in [0.15, 0.2) is 174 Å². The van der Waals surface area contributed by atoms with E-state index in [1.165, 1.54) is 33.0 Å². The standard InChI is InChI=1S/C46H28N2O/c1-3-10-29(11-4-1)32-18-21-37-39(25-32)40-26-33(30-12-5-2-6-13-30)19-22-38(40)46-45(37)47-28-42(48-46)35-15-9-14-31(24-35)34-20-23-44-41(27-34)36-16-7-8-17-43(36)49-44/h1-28H. The monoisotopic (exact) mass is 624 g/mol. The van der Waals surface area contributed by atoms with Crippen molar-refractivity contribution >= 4 is 54.5 Å². The number of benzene rings is 8. The summed E-state index contributed by atoms with van der Waals surface area (Å²) in [5.74, 6) is 0. The van der Waals surface area contributed by atoms with Crippen LogP contribution in [0.4, 0.5) is 0 Å². The molecule has 0 fully saturated rings. The van der Waals surface area contributed by atoms with Crippen LogP contribution in [0.5, 0.6) is 0 Å². The Morgan fingerprint density at radius 3 is 1.59 bits per heavy atom. The van der Waals surface area contributed by atoms with Crippen LogP contribution in [-0.2, 0) is 0 Å². The molecular formula is C46H28N2O. The van der Waals surface area contributed by atoms with Gasteiger partial charge in [0.2, 0.25) is 0 Å². The summed E-state index contributed by atoms with van der Waals surface area (Å²) in [4.78, 5) is 10.5. The van der Waals surface area contributed by atoms with Crippen LogP contribution in [-0.4, -0.2) is 9.97 Å². The van der Waals surface area contributed by atoms with Gasteiger partial charge >= 0.3 is 0 Å². The first-order valence-corrected chi connectivity index (χ1v) is 16.6. The van der Waals surface area contributed by atoms with Crippen molar-refractivity contribution in [2.24, 2.45) is 0 Å². The van der Waals surface area contributed by atoms with E-state index >= 15 is 0 Å². The van der Waals surface area contributed by atoms with E-state index in [0.717, 1.165) is 66.1 Å². The zero-order valence-corrected chi connectivity index (χ0v) is 26.5. The molecule has 0 aliphatic heterocycles. The van der Waals surface area contributed by atoms with Gasteiger partial charge in [0.1, 0.15) is 11.2 Å². The second-order valence-corrected chi connectivity index (χ2v) is 12.6. The number of hydrogen-bond acceptors (Lipinski definition) is 3. The van der Waals surface area contributed by atoms with Gasteiger partial charge in [-0.15, -0.1) is 0 Å². The fraction of sp³-hybridized carbons (Fsp3) is 0. The second kappa shape index (κ2) is 11.0. The van der Waals surface area contributed by atoms with E-state index in [9.17, 15) is 0 Å². The van der Waals surface area contributed by atoms with Crippen molar-refractivity contribution in [1.29, 1.82) is 0 Å². The average Bonchev–Trinajstić information content (AvgIpc) is 3.56. The number of hydrogen-bond donors (Lipinski definition) is 0. The molecule has 0 amide bonds. The summed E-state index contributed by atoms with van der Waals surface area (Å²) >= 11 is 0. The largest absolute Gasteiger partial charge is 0.456 e. The fourth-order valence-electron chi connectivity index (χ4n) is 7.24. The topological polar surface area (TPSA) is 38.9 Å². The molecule has 2 heterocycles. The number of furan rings is 1. The van der Waals surface area contributed by atoms with E-state index in [2.05, 4.69) is 152 Å². The van der Waals surface area contributed by atoms with Crippen molar-refractivity contribution < 1.29 is 4.42 Å². The van der Waals surface area contributed by atoms with E-state index in [-0.39, 0.29) is 0 Å². The molecule has 3 nitrogen and oxygen atoms in total. The average molecular weight is 625 g/mol. The maximum absolute atomic E-state index is 6.09. The highest BCUT2D eigenvalue weighted by Gasteiger charge is 2.15. The second-order valence-electron chi connectivity index (χ2n) is 12.6. The molecule has 0 unspecified atom stereocenters. The van der Waals surface area contributed by atoms with Crippen molar-refractivity contribution in [3.8, 4) is 44.6 Å². The molecular weight excluding hydrogens is 597 g/mol. The van der Waals surface area contributed by atoms with E-state index in [0.29, 0.717) is 0 Å². The Morgan fingerprint density at radius 1 is 0.327 bits per heavy atom. The summed E-state index contributed by atoms with van der Waals surface area (Å²) in [5.41, 5.74) is 12.5. The Kier molecular flexibility index (Phi) is 6.18. The molecule has 0 spiro atoms. The van der Waals surface area contributed by atoms with Crippen molar-refractivity contribution in [1.82, 2.24) is 9.97 Å². The van der Waals surface area contributed by atoms with E-state index in [1.54, 1.807) is 0 Å². The minimum Gasteiger partial charge on any atom is -0.456 e. The number of aromatic nitrogens is 2. The normalized spacial score (nSPS) is 11.7. The molecule has 10 rings (SSSR count). The molecule has 2 aromatic heterocycles. The van der Waals surface area contributed by atoms with Crippen molar-refractivity contribution in [3.05, 3.63) is 170 Å². The van der Waals surface area contributed by atoms with Crippen LogP contribution >= 0.6 is 0 Å². The Labute approximate surface area is 282 Å². The molecule has 0 saturated heterocycles. The van der Waals surface area contributed by atoms with E-state index in [1.807, 2.05) is 18.3 Å². The molecule has 49 heavy (non-hydrogen) atoms. The van der Waals surface area contributed by atoms with Gasteiger partial charge in [0.25, 0.3) is 0 Å². The maximum atomic E-state index is 6.09. The number of fused-ring (bicyclic) bond motifs is 9. The smallest absolute Gasteiger partial charge is 0.135 e. The third-order valence-electron chi connectivity index (χ3n) is 9.69. The third-order valence-corrected chi connectivity index (χ3v) is 9.69. The number of nitrogens with zero attached hydrogens (tertiary/aromatic N) is 2. The molecule has 0 bridgehead atoms. The summed E-state index contributed by atoms with van der Waals surface area (Å²) in [6, 6.07) is 57.8. The number of para-hydroxylation sites is 1. The first-order valence-electron chi connectivity index (χ1n) is 16.6. The van der Waals surface area contributed by atoms with Crippen molar-refractivity contribution in [2.45, 2.75) is 0 Å². The molecule has 0 atom stereocenters. The zero-order valence-electron chi connectivity index (χ0n) is 26.5. The molecule has 8 aromatic carbocycles. The Balaban J connectivity index is 1.15. The lowest BCUT2D eigenvalue weighted by molar-refractivity contribution is 0.669. The minimum absolute atomic E-state index is 0.845. The molecule has 0 saturated carbocycles. The highest BCUT2D eigenvalue weighted by Crippen LogP contribution is 2.39. The SMILES string of the molecule is c1ccc(-c2ccc3c(c2)c2cc(-c4ccccc4)ccc2c2nc(-c4cccc(-c5ccc6oc7ccccc7c6c5)c4)cnc32)cc1. The first-order chi connectivity index (χ1) is 24.3. The Morgan fingerprint density at radius 2 is 0.857 bits per heavy atom. The first kappa shape index (κ1) is 27.5. The minimum atomic E-state index is 0.845. The van der Waals surface area contributed by atoms with Crippen molar-refractivity contribution in [3.63, 3.8) is 0 Å². The summed E-state index contributed by atoms with van der Waals surface area (Å²) < 4.78 is 6.09. The number of rotatable bonds is 4. The van der Waals surface area contributed by atoms with Crippen molar-refractivity contribution in [2.75, 3.05) is 0 Å². The van der Waals surface area contributed by atoms with Gasteiger partial charge in [0.05, 0.1) is 22.9 Å². The van der Waals surface area contributed by atoms with Crippen LogP contribution in [0.3, 0.4) is 0 Å². The van der Waals surface area contributed by atoms with Gasteiger partial charge in [-0.3, -0.25) is 4.98 Å².